The largest absolute Gasteiger partial charge is 0.348 e. The van der Waals surface area contributed by atoms with Gasteiger partial charge in [-0.1, -0.05) is 18.2 Å². The average Bonchev–Trinajstić information content (AvgIpc) is 2.45. The quantitative estimate of drug-likeness (QED) is 0.528. The Morgan fingerprint density at radius 2 is 2.10 bits per heavy atom. The van der Waals surface area contributed by atoms with Gasteiger partial charge in [-0.3, -0.25) is 14.9 Å². The van der Waals surface area contributed by atoms with Gasteiger partial charge in [0.2, 0.25) is 0 Å². The van der Waals surface area contributed by atoms with Crippen molar-refractivity contribution in [2.75, 3.05) is 0 Å². The zero-order valence-corrected chi connectivity index (χ0v) is 11.8. The van der Waals surface area contributed by atoms with E-state index in [-0.39, 0.29) is 18.1 Å². The van der Waals surface area contributed by atoms with Crippen molar-refractivity contribution >= 4 is 27.5 Å². The highest BCUT2D eigenvalue weighted by Crippen LogP contribution is 2.17. The number of amides is 1. The number of hydrogen-bond donors (Lipinski definition) is 1. The highest BCUT2D eigenvalue weighted by Gasteiger charge is 2.13. The molecule has 0 saturated carbocycles. The maximum absolute atomic E-state index is 11.9. The Balaban J connectivity index is 2.09. The number of rotatable bonds is 4. The van der Waals surface area contributed by atoms with Crippen LogP contribution in [-0.2, 0) is 6.54 Å². The van der Waals surface area contributed by atoms with Crippen LogP contribution in [-0.4, -0.2) is 15.8 Å². The van der Waals surface area contributed by atoms with Crippen molar-refractivity contribution in [3.8, 4) is 0 Å². The van der Waals surface area contributed by atoms with Gasteiger partial charge in [-0.2, -0.15) is 0 Å². The van der Waals surface area contributed by atoms with Gasteiger partial charge >= 0.3 is 0 Å². The molecule has 0 aliphatic carbocycles. The number of halogens is 1. The summed E-state index contributed by atoms with van der Waals surface area (Å²) in [5, 5.41) is 13.5. The summed E-state index contributed by atoms with van der Waals surface area (Å²) in [4.78, 5) is 26.2. The molecular formula is C13H10BrN3O3. The molecule has 0 spiro atoms. The fourth-order valence-corrected chi connectivity index (χ4v) is 2.02. The highest BCUT2D eigenvalue weighted by atomic mass is 79.9. The molecule has 6 nitrogen and oxygen atoms in total. The van der Waals surface area contributed by atoms with Gasteiger partial charge in [0.15, 0.2) is 0 Å². The Kier molecular flexibility index (Phi) is 4.41. The molecule has 1 heterocycles. The first-order valence-corrected chi connectivity index (χ1v) is 6.49. The maximum Gasteiger partial charge on any atom is 0.274 e. The summed E-state index contributed by atoms with van der Waals surface area (Å²) in [6.45, 7) is 0.0932. The number of nitro benzene ring substituents is 1. The predicted molar refractivity (Wildman–Crippen MR) is 76.2 cm³/mol. The third-order valence-corrected chi connectivity index (χ3v) is 3.05. The smallest absolute Gasteiger partial charge is 0.274 e. The lowest BCUT2D eigenvalue weighted by Gasteiger charge is -2.06. The second kappa shape index (κ2) is 6.25. The number of benzene rings is 1. The van der Waals surface area contributed by atoms with Crippen LogP contribution in [0.2, 0.25) is 0 Å². The second-order valence-corrected chi connectivity index (χ2v) is 4.75. The fraction of sp³-hybridized carbons (Fsp3) is 0.0769. The molecule has 0 saturated heterocycles. The van der Waals surface area contributed by atoms with E-state index < -0.39 is 4.92 Å². The van der Waals surface area contributed by atoms with Crippen LogP contribution in [0.4, 0.5) is 5.69 Å². The molecule has 1 aromatic heterocycles. The number of aromatic nitrogens is 1. The van der Waals surface area contributed by atoms with E-state index in [1.165, 1.54) is 12.3 Å². The fourth-order valence-electron chi connectivity index (χ4n) is 1.66. The van der Waals surface area contributed by atoms with Crippen molar-refractivity contribution in [3.05, 3.63) is 68.4 Å². The van der Waals surface area contributed by atoms with Crippen LogP contribution in [0, 0.1) is 10.1 Å². The number of pyridine rings is 1. The first-order valence-electron chi connectivity index (χ1n) is 5.70. The maximum atomic E-state index is 11.9. The molecule has 0 aliphatic rings. The van der Waals surface area contributed by atoms with E-state index in [0.29, 0.717) is 15.7 Å². The van der Waals surface area contributed by atoms with Crippen molar-refractivity contribution in [2.24, 2.45) is 0 Å². The van der Waals surface area contributed by atoms with Crippen molar-refractivity contribution in [2.45, 2.75) is 6.54 Å². The molecule has 0 bridgehead atoms. The first-order chi connectivity index (χ1) is 9.58. The zero-order chi connectivity index (χ0) is 14.5. The summed E-state index contributed by atoms with van der Waals surface area (Å²) in [5.74, 6) is -0.314. The van der Waals surface area contributed by atoms with Gasteiger partial charge < -0.3 is 5.32 Å². The van der Waals surface area contributed by atoms with E-state index in [4.69, 9.17) is 0 Å². The highest BCUT2D eigenvalue weighted by molar-refractivity contribution is 9.10. The van der Waals surface area contributed by atoms with Gasteiger partial charge in [0.05, 0.1) is 4.92 Å². The summed E-state index contributed by atoms with van der Waals surface area (Å²) in [5.41, 5.74) is 0.883. The lowest BCUT2D eigenvalue weighted by Crippen LogP contribution is -2.23. The molecule has 0 fully saturated rings. The van der Waals surface area contributed by atoms with E-state index in [0.717, 1.165) is 0 Å². The Labute approximate surface area is 123 Å². The van der Waals surface area contributed by atoms with Gasteiger partial charge in [-0.15, -0.1) is 0 Å². The van der Waals surface area contributed by atoms with E-state index >= 15 is 0 Å². The van der Waals surface area contributed by atoms with E-state index in [1.54, 1.807) is 30.3 Å². The van der Waals surface area contributed by atoms with Gasteiger partial charge in [0, 0.05) is 29.9 Å². The summed E-state index contributed by atoms with van der Waals surface area (Å²) in [6, 6.07) is 9.45. The molecular weight excluding hydrogens is 326 g/mol. The lowest BCUT2D eigenvalue weighted by molar-refractivity contribution is -0.385. The third-order valence-electron chi connectivity index (χ3n) is 2.62. The topological polar surface area (TPSA) is 85.1 Å². The molecule has 1 amide bonds. The molecule has 0 radical (unpaired) electrons. The van der Waals surface area contributed by atoms with Crippen LogP contribution in [0.15, 0.2) is 47.2 Å². The lowest BCUT2D eigenvalue weighted by atomic mass is 10.1. The number of nitrogens with one attached hydrogen (secondary N) is 1. The summed E-state index contributed by atoms with van der Waals surface area (Å²) < 4.78 is 0.552. The van der Waals surface area contributed by atoms with Crippen LogP contribution in [0.1, 0.15) is 15.9 Å². The van der Waals surface area contributed by atoms with E-state index in [2.05, 4.69) is 26.2 Å². The van der Waals surface area contributed by atoms with Gasteiger partial charge in [-0.25, -0.2) is 4.98 Å². The Hall–Kier alpha value is -2.28. The van der Waals surface area contributed by atoms with Crippen molar-refractivity contribution < 1.29 is 9.72 Å². The number of hydrogen-bond acceptors (Lipinski definition) is 4. The second-order valence-electron chi connectivity index (χ2n) is 3.94. The Morgan fingerprint density at radius 1 is 1.35 bits per heavy atom. The van der Waals surface area contributed by atoms with Gasteiger partial charge in [-0.05, 0) is 28.1 Å². The number of para-hydroxylation sites is 1. The molecule has 0 aliphatic heterocycles. The number of nitro groups is 1. The Morgan fingerprint density at radius 3 is 2.80 bits per heavy atom. The minimum atomic E-state index is -0.468. The third kappa shape index (κ3) is 3.39. The molecule has 7 heteroatoms. The molecule has 2 aromatic rings. The van der Waals surface area contributed by atoms with Gasteiger partial charge in [0.25, 0.3) is 11.6 Å². The van der Waals surface area contributed by atoms with E-state index in [1.807, 2.05) is 0 Å². The zero-order valence-electron chi connectivity index (χ0n) is 10.2. The van der Waals surface area contributed by atoms with Crippen molar-refractivity contribution in [1.29, 1.82) is 0 Å². The summed E-state index contributed by atoms with van der Waals surface area (Å²) in [6.07, 6.45) is 1.50. The Bertz CT molecular complexity index is 661. The van der Waals surface area contributed by atoms with Crippen LogP contribution >= 0.6 is 15.9 Å². The number of carbonyl (C=O) groups excluding carboxylic acids is 1. The molecule has 102 valence electrons. The SMILES string of the molecule is O=C(NCc1ccccc1[N+](=O)[O-])c1ccnc(Br)c1. The van der Waals surface area contributed by atoms with Crippen LogP contribution in [0.5, 0.6) is 0 Å². The van der Waals surface area contributed by atoms with Crippen LogP contribution in [0.25, 0.3) is 0 Å². The number of nitrogens with zero attached hydrogens (tertiary/aromatic N) is 2. The standard InChI is InChI=1S/C13H10BrN3O3/c14-12-7-9(5-6-15-12)13(18)16-8-10-3-1-2-4-11(10)17(19)20/h1-7H,8H2,(H,16,18). The van der Waals surface area contributed by atoms with Crippen molar-refractivity contribution in [1.82, 2.24) is 10.3 Å². The molecule has 1 aromatic carbocycles. The van der Waals surface area contributed by atoms with Crippen LogP contribution < -0.4 is 5.32 Å². The first kappa shape index (κ1) is 14.1. The van der Waals surface area contributed by atoms with Crippen LogP contribution in [0.3, 0.4) is 0 Å². The normalized spacial score (nSPS) is 10.1. The molecule has 2 rings (SSSR count). The van der Waals surface area contributed by atoms with Gasteiger partial charge in [0.1, 0.15) is 4.60 Å². The molecule has 0 unspecified atom stereocenters. The summed E-state index contributed by atoms with van der Waals surface area (Å²) >= 11 is 3.18. The summed E-state index contributed by atoms with van der Waals surface area (Å²) in [7, 11) is 0. The predicted octanol–water partition coefficient (Wildman–Crippen LogP) is 2.68. The monoisotopic (exact) mass is 335 g/mol. The minimum absolute atomic E-state index is 0.0105. The average molecular weight is 336 g/mol. The molecule has 1 N–H and O–H groups in total. The van der Waals surface area contributed by atoms with Crippen molar-refractivity contribution in [3.63, 3.8) is 0 Å². The molecule has 20 heavy (non-hydrogen) atoms. The molecule has 0 atom stereocenters. The number of carbonyl (C=O) groups is 1. The minimum Gasteiger partial charge on any atom is -0.348 e. The van der Waals surface area contributed by atoms with E-state index in [9.17, 15) is 14.9 Å².